The van der Waals surface area contributed by atoms with E-state index in [4.69, 9.17) is 0 Å². The quantitative estimate of drug-likeness (QED) is 0.703. The molecule has 104 valence electrons. The van der Waals surface area contributed by atoms with Crippen LogP contribution in [-0.4, -0.2) is 36.9 Å². The van der Waals surface area contributed by atoms with Crippen molar-refractivity contribution in [1.29, 1.82) is 0 Å². The highest BCUT2D eigenvalue weighted by atomic mass is 16.2. The normalized spacial score (nSPS) is 10.1. The highest BCUT2D eigenvalue weighted by Crippen LogP contribution is 2.03. The SMILES string of the molecule is CNc1cccc(C(=O)NCC(=O)NCC(C)C)n1. The van der Waals surface area contributed by atoms with Gasteiger partial charge < -0.3 is 16.0 Å². The van der Waals surface area contributed by atoms with Crippen molar-refractivity contribution >= 4 is 17.6 Å². The van der Waals surface area contributed by atoms with E-state index in [1.807, 2.05) is 13.8 Å². The van der Waals surface area contributed by atoms with Crippen molar-refractivity contribution in [3.8, 4) is 0 Å². The number of anilines is 1. The van der Waals surface area contributed by atoms with Crippen LogP contribution in [0.2, 0.25) is 0 Å². The molecular formula is C13H20N4O2. The summed E-state index contributed by atoms with van der Waals surface area (Å²) >= 11 is 0. The second kappa shape index (κ2) is 7.35. The highest BCUT2D eigenvalue weighted by Gasteiger charge is 2.09. The Morgan fingerprint density at radius 3 is 2.63 bits per heavy atom. The first-order chi connectivity index (χ1) is 9.02. The van der Waals surface area contributed by atoms with Gasteiger partial charge in [0.05, 0.1) is 6.54 Å². The lowest BCUT2D eigenvalue weighted by Crippen LogP contribution is -2.38. The van der Waals surface area contributed by atoms with Gasteiger partial charge in [-0.25, -0.2) is 4.98 Å². The summed E-state index contributed by atoms with van der Waals surface area (Å²) in [6.45, 7) is 4.57. The lowest BCUT2D eigenvalue weighted by molar-refractivity contribution is -0.120. The minimum absolute atomic E-state index is 0.0446. The first-order valence-corrected chi connectivity index (χ1v) is 6.22. The van der Waals surface area contributed by atoms with Crippen molar-refractivity contribution < 1.29 is 9.59 Å². The van der Waals surface area contributed by atoms with Gasteiger partial charge in [0.1, 0.15) is 11.5 Å². The summed E-state index contributed by atoms with van der Waals surface area (Å²) in [5, 5.41) is 8.11. The number of carbonyl (C=O) groups is 2. The van der Waals surface area contributed by atoms with Crippen LogP contribution in [0.5, 0.6) is 0 Å². The monoisotopic (exact) mass is 264 g/mol. The Labute approximate surface area is 113 Å². The lowest BCUT2D eigenvalue weighted by atomic mass is 10.2. The molecule has 0 aliphatic rings. The fraction of sp³-hybridized carbons (Fsp3) is 0.462. The van der Waals surface area contributed by atoms with Gasteiger partial charge in [0.2, 0.25) is 5.91 Å². The number of aromatic nitrogens is 1. The van der Waals surface area contributed by atoms with Crippen LogP contribution in [0, 0.1) is 5.92 Å². The fourth-order valence-electron chi connectivity index (χ4n) is 1.33. The van der Waals surface area contributed by atoms with E-state index < -0.39 is 0 Å². The van der Waals surface area contributed by atoms with Crippen molar-refractivity contribution in [2.45, 2.75) is 13.8 Å². The van der Waals surface area contributed by atoms with Crippen LogP contribution >= 0.6 is 0 Å². The van der Waals surface area contributed by atoms with Gasteiger partial charge in [0, 0.05) is 13.6 Å². The van der Waals surface area contributed by atoms with E-state index in [9.17, 15) is 9.59 Å². The molecule has 1 heterocycles. The minimum atomic E-state index is -0.364. The molecule has 0 saturated heterocycles. The standard InChI is InChI=1S/C13H20N4O2/c1-9(2)7-15-12(18)8-16-13(19)10-5-4-6-11(14-3)17-10/h4-6,9H,7-8H2,1-3H3,(H,14,17)(H,15,18)(H,16,19). The Balaban J connectivity index is 2.44. The predicted octanol–water partition coefficient (Wildman–Crippen LogP) is 0.625. The average molecular weight is 264 g/mol. The maximum Gasteiger partial charge on any atom is 0.270 e. The molecule has 0 bridgehead atoms. The Morgan fingerprint density at radius 2 is 2.00 bits per heavy atom. The molecule has 6 heteroatoms. The summed E-state index contributed by atoms with van der Waals surface area (Å²) in [5.41, 5.74) is 0.281. The molecule has 0 aliphatic heterocycles. The Kier molecular flexibility index (Phi) is 5.78. The van der Waals surface area contributed by atoms with Gasteiger partial charge in [-0.15, -0.1) is 0 Å². The van der Waals surface area contributed by atoms with E-state index in [1.165, 1.54) is 0 Å². The smallest absolute Gasteiger partial charge is 0.270 e. The van der Waals surface area contributed by atoms with Crippen molar-refractivity contribution in [2.24, 2.45) is 5.92 Å². The van der Waals surface area contributed by atoms with Crippen LogP contribution < -0.4 is 16.0 Å². The van der Waals surface area contributed by atoms with Gasteiger partial charge in [-0.3, -0.25) is 9.59 Å². The Bertz CT molecular complexity index is 446. The first-order valence-electron chi connectivity index (χ1n) is 6.22. The van der Waals surface area contributed by atoms with E-state index in [0.29, 0.717) is 18.3 Å². The van der Waals surface area contributed by atoms with E-state index >= 15 is 0 Å². The molecule has 0 fully saturated rings. The molecule has 1 aromatic rings. The summed E-state index contributed by atoms with van der Waals surface area (Å²) < 4.78 is 0. The zero-order valence-electron chi connectivity index (χ0n) is 11.5. The zero-order valence-corrected chi connectivity index (χ0v) is 11.5. The number of pyridine rings is 1. The molecule has 19 heavy (non-hydrogen) atoms. The molecule has 1 aromatic heterocycles. The van der Waals surface area contributed by atoms with Crippen molar-refractivity contribution in [3.05, 3.63) is 23.9 Å². The average Bonchev–Trinajstić information content (AvgIpc) is 2.42. The van der Waals surface area contributed by atoms with Gasteiger partial charge in [-0.05, 0) is 18.1 Å². The predicted molar refractivity (Wildman–Crippen MR) is 74.0 cm³/mol. The molecule has 0 unspecified atom stereocenters. The third kappa shape index (κ3) is 5.37. The highest BCUT2D eigenvalue weighted by molar-refractivity contribution is 5.95. The minimum Gasteiger partial charge on any atom is -0.373 e. The third-order valence-electron chi connectivity index (χ3n) is 2.35. The van der Waals surface area contributed by atoms with Crippen LogP contribution in [0.3, 0.4) is 0 Å². The van der Waals surface area contributed by atoms with Crippen LogP contribution in [0.4, 0.5) is 5.82 Å². The molecule has 3 N–H and O–H groups in total. The van der Waals surface area contributed by atoms with Gasteiger partial charge >= 0.3 is 0 Å². The summed E-state index contributed by atoms with van der Waals surface area (Å²) in [6.07, 6.45) is 0. The third-order valence-corrected chi connectivity index (χ3v) is 2.35. The fourth-order valence-corrected chi connectivity index (χ4v) is 1.33. The number of nitrogens with one attached hydrogen (secondary N) is 3. The largest absolute Gasteiger partial charge is 0.373 e. The number of rotatable bonds is 6. The molecule has 6 nitrogen and oxygen atoms in total. The van der Waals surface area contributed by atoms with Crippen LogP contribution in [0.25, 0.3) is 0 Å². The van der Waals surface area contributed by atoms with E-state index in [2.05, 4.69) is 20.9 Å². The topological polar surface area (TPSA) is 83.1 Å². The molecule has 0 radical (unpaired) electrons. The lowest BCUT2D eigenvalue weighted by Gasteiger charge is -2.08. The van der Waals surface area contributed by atoms with Crippen molar-refractivity contribution in [1.82, 2.24) is 15.6 Å². The second-order valence-corrected chi connectivity index (χ2v) is 4.54. The summed E-state index contributed by atoms with van der Waals surface area (Å²) in [5.74, 6) is 0.425. The van der Waals surface area contributed by atoms with Crippen LogP contribution in [-0.2, 0) is 4.79 Å². The molecule has 0 aliphatic carbocycles. The van der Waals surface area contributed by atoms with Crippen LogP contribution in [0.15, 0.2) is 18.2 Å². The van der Waals surface area contributed by atoms with Gasteiger partial charge in [-0.1, -0.05) is 19.9 Å². The Morgan fingerprint density at radius 1 is 1.26 bits per heavy atom. The van der Waals surface area contributed by atoms with Gasteiger partial charge in [0.25, 0.3) is 5.91 Å². The molecular weight excluding hydrogens is 244 g/mol. The molecule has 0 atom stereocenters. The summed E-state index contributed by atoms with van der Waals surface area (Å²) in [7, 11) is 1.73. The Hall–Kier alpha value is -2.11. The number of amides is 2. The number of hydrogen-bond donors (Lipinski definition) is 3. The maximum absolute atomic E-state index is 11.8. The zero-order chi connectivity index (χ0) is 14.3. The first kappa shape index (κ1) is 14.9. The molecule has 0 spiro atoms. The number of hydrogen-bond acceptors (Lipinski definition) is 4. The van der Waals surface area contributed by atoms with Crippen molar-refractivity contribution in [3.63, 3.8) is 0 Å². The van der Waals surface area contributed by atoms with Crippen LogP contribution in [0.1, 0.15) is 24.3 Å². The molecule has 0 saturated carbocycles. The van der Waals surface area contributed by atoms with E-state index in [-0.39, 0.29) is 24.1 Å². The van der Waals surface area contributed by atoms with Gasteiger partial charge in [-0.2, -0.15) is 0 Å². The van der Waals surface area contributed by atoms with E-state index in [1.54, 1.807) is 25.2 Å². The summed E-state index contributed by atoms with van der Waals surface area (Å²) in [6, 6.07) is 5.08. The maximum atomic E-state index is 11.8. The van der Waals surface area contributed by atoms with Crippen molar-refractivity contribution in [2.75, 3.05) is 25.5 Å². The van der Waals surface area contributed by atoms with Gasteiger partial charge in [0.15, 0.2) is 0 Å². The molecule has 0 aromatic carbocycles. The number of carbonyl (C=O) groups excluding carboxylic acids is 2. The molecule has 2 amide bonds. The second-order valence-electron chi connectivity index (χ2n) is 4.54. The summed E-state index contributed by atoms with van der Waals surface area (Å²) in [4.78, 5) is 27.3. The van der Waals surface area contributed by atoms with E-state index in [0.717, 1.165) is 0 Å². The number of nitrogens with zero attached hydrogens (tertiary/aromatic N) is 1. The molecule has 1 rings (SSSR count).